The monoisotopic (exact) mass is 1790 g/mol. The zero-order valence-corrected chi connectivity index (χ0v) is 74.8. The molecule has 6 heterocycles. The van der Waals surface area contributed by atoms with Crippen LogP contribution >= 0.6 is 68.0 Å². The van der Waals surface area contributed by atoms with Crippen LogP contribution in [0.25, 0.3) is 48.8 Å². The van der Waals surface area contributed by atoms with Gasteiger partial charge in [-0.05, 0) is 117 Å². The number of carbonyl (C=O) groups excluding carboxylic acids is 1. The third-order valence-electron chi connectivity index (χ3n) is 19.9. The van der Waals surface area contributed by atoms with Crippen molar-refractivity contribution in [2.75, 3.05) is 99.1 Å². The maximum atomic E-state index is 14.8. The summed E-state index contributed by atoms with van der Waals surface area (Å²) < 4.78 is 99.6. The minimum Gasteiger partial charge on any atom is -0.461 e. The predicted molar refractivity (Wildman–Crippen MR) is 502 cm³/mol. The van der Waals surface area contributed by atoms with Gasteiger partial charge in [-0.3, -0.25) is 0 Å². The quantitative estimate of drug-likeness (QED) is 0.0332. The summed E-state index contributed by atoms with van der Waals surface area (Å²) in [4.78, 5) is 27.2. The number of thiophene rings is 6. The van der Waals surface area contributed by atoms with Crippen molar-refractivity contribution in [3.05, 3.63) is 370 Å². The Morgan fingerprint density at radius 3 is 0.640 bits per heavy atom. The molecule has 0 amide bonds. The first-order valence-corrected chi connectivity index (χ1v) is 47.2. The molecule has 14 rings (SSSR count). The van der Waals surface area contributed by atoms with Gasteiger partial charge in [0.15, 0.2) is 0 Å². The molecule has 8 aromatic carbocycles. The lowest BCUT2D eigenvalue weighted by Crippen LogP contribution is -2.38. The van der Waals surface area contributed by atoms with E-state index < -0.39 is 48.5 Å². The molecule has 0 saturated heterocycles. The highest BCUT2D eigenvalue weighted by molar-refractivity contribution is 7.30. The van der Waals surface area contributed by atoms with E-state index in [1.165, 1.54) is 45.5 Å². The van der Waals surface area contributed by atoms with E-state index in [4.69, 9.17) is 71.1 Å². The number of benzene rings is 8. The first-order chi connectivity index (χ1) is 61.8. The molecule has 0 spiro atoms. The molecule has 16 nitrogen and oxygen atoms in total. The van der Waals surface area contributed by atoms with Crippen LogP contribution in [0.5, 0.6) is 0 Å². The van der Waals surface area contributed by atoms with Crippen molar-refractivity contribution in [1.82, 2.24) is 0 Å². The third kappa shape index (κ3) is 32.0. The molecule has 0 atom stereocenters. The zero-order valence-electron chi connectivity index (χ0n) is 69.9. The van der Waals surface area contributed by atoms with Gasteiger partial charge in [-0.2, -0.15) is 0 Å². The van der Waals surface area contributed by atoms with Gasteiger partial charge >= 0.3 is 5.97 Å². The van der Waals surface area contributed by atoms with Crippen LogP contribution in [0.2, 0.25) is 0 Å². The van der Waals surface area contributed by atoms with Gasteiger partial charge < -0.3 is 71.1 Å². The molecule has 0 fully saturated rings. The summed E-state index contributed by atoms with van der Waals surface area (Å²) in [5, 5.41) is 2.13. The van der Waals surface area contributed by atoms with E-state index in [1.54, 1.807) is 34.0 Å². The first-order valence-electron chi connectivity index (χ1n) is 42.2. The number of ether oxygens (including phenoxy) is 15. The Bertz CT molecular complexity index is 4650. The molecule has 0 aliphatic carbocycles. The Morgan fingerprint density at radius 2 is 0.408 bits per heavy atom. The molecule has 0 aliphatic rings. The minimum absolute atomic E-state index is 0.0161. The van der Waals surface area contributed by atoms with Crippen LogP contribution in [0.15, 0.2) is 321 Å². The fourth-order valence-electron chi connectivity index (χ4n) is 13.3. The molecular formula is C103H106O16S6. The van der Waals surface area contributed by atoms with Crippen LogP contribution in [-0.2, 0) is 124 Å². The highest BCUT2D eigenvalue weighted by Crippen LogP contribution is 2.46. The van der Waals surface area contributed by atoms with Crippen molar-refractivity contribution in [3.8, 4) is 48.8 Å². The zero-order chi connectivity index (χ0) is 85.2. The van der Waals surface area contributed by atoms with Crippen molar-refractivity contribution in [2.45, 2.75) is 89.5 Å². The summed E-state index contributed by atoms with van der Waals surface area (Å²) in [6, 6.07) is 106. The van der Waals surface area contributed by atoms with Crippen molar-refractivity contribution < 1.29 is 75.8 Å². The van der Waals surface area contributed by atoms with Gasteiger partial charge in [-0.25, -0.2) is 4.79 Å². The third-order valence-corrected chi connectivity index (χ3v) is 27.2. The van der Waals surface area contributed by atoms with Gasteiger partial charge in [0, 0.05) is 54.7 Å². The maximum Gasteiger partial charge on any atom is 0.348 e. The maximum absolute atomic E-state index is 14.8. The summed E-state index contributed by atoms with van der Waals surface area (Å²) in [5.41, 5.74) is 8.21. The summed E-state index contributed by atoms with van der Waals surface area (Å²) >= 11 is 10.3. The SMILES string of the molecule is O=C(OCC(COC(COC(COCc1ccccc1)COCc1ccccc1)COC(COCc1ccccc1)COCc1ccccc1)COC(COC(COCc1ccccc1)COCc1ccccc1)COC(COCc1ccccc1)COCc1ccccc1)c1ccc(-c2ccc(-c3ccc(-c4ccc(-c5ccc(-c6cccs6)s5)s4)s3)s2)s1. The van der Waals surface area contributed by atoms with E-state index in [1.807, 2.05) is 277 Å². The molecule has 0 bridgehead atoms. The van der Waals surface area contributed by atoms with E-state index in [0.717, 1.165) is 59.1 Å². The van der Waals surface area contributed by atoms with E-state index in [2.05, 4.69) is 66.0 Å². The van der Waals surface area contributed by atoms with Crippen molar-refractivity contribution in [2.24, 2.45) is 5.92 Å². The van der Waals surface area contributed by atoms with Crippen LogP contribution in [0.4, 0.5) is 0 Å². The first kappa shape index (κ1) is 92.1. The fourth-order valence-corrected chi connectivity index (χ4v) is 19.4. The average molecular weight is 1790 g/mol. The lowest BCUT2D eigenvalue weighted by molar-refractivity contribution is -0.150. The smallest absolute Gasteiger partial charge is 0.348 e. The Morgan fingerprint density at radius 1 is 0.200 bits per heavy atom. The largest absolute Gasteiger partial charge is 0.461 e. The lowest BCUT2D eigenvalue weighted by atomic mass is 10.2. The van der Waals surface area contributed by atoms with Crippen LogP contribution in [-0.4, -0.2) is 142 Å². The summed E-state index contributed by atoms with van der Waals surface area (Å²) in [6.07, 6.45) is -3.59. The molecule has 22 heteroatoms. The normalized spacial score (nSPS) is 11.8. The number of rotatable bonds is 58. The standard InChI is InChI=1S/C103H106O16S6/c104-103(102-52-51-101(125-102)100-50-49-99(124-100)98-48-47-97(123-98)96-46-45-95(122-96)94-44-43-93(121-94)92-42-25-53-120-92)119-64-85(62-113-90(73-115-86(65-105-54-77-26-9-1-10-27-77)66-106-55-78-28-11-2-12-29-78)74-116-87(67-107-56-79-30-13-3-14-31-79)68-108-57-80-32-15-4-16-33-80)63-114-91(75-117-88(69-109-58-81-34-17-5-18-35-81)70-110-59-82-36-19-6-20-37-82)76-118-89(71-111-60-83-38-21-7-22-39-83)72-112-61-84-40-23-8-24-41-84/h1-53,85-91H,54-76H2. The van der Waals surface area contributed by atoms with E-state index >= 15 is 0 Å². The Balaban J connectivity index is 0.728. The summed E-state index contributed by atoms with van der Waals surface area (Å²) in [6.45, 7) is 4.82. The van der Waals surface area contributed by atoms with Gasteiger partial charge in [0.1, 0.15) is 41.5 Å². The fraction of sp³-hybridized carbons (Fsp3) is 0.291. The van der Waals surface area contributed by atoms with E-state index in [-0.39, 0.29) is 99.1 Å². The van der Waals surface area contributed by atoms with E-state index in [0.29, 0.717) is 57.7 Å². The van der Waals surface area contributed by atoms with Crippen molar-refractivity contribution in [1.29, 1.82) is 0 Å². The molecule has 0 unspecified atom stereocenters. The predicted octanol–water partition coefficient (Wildman–Crippen LogP) is 23.2. The second-order valence-corrected chi connectivity index (χ2v) is 36.4. The number of carbonyl (C=O) groups is 1. The Labute approximate surface area is 757 Å². The second-order valence-electron chi connectivity index (χ2n) is 30.0. The molecule has 0 saturated carbocycles. The number of hydrogen-bond acceptors (Lipinski definition) is 22. The highest BCUT2D eigenvalue weighted by Gasteiger charge is 2.27. The van der Waals surface area contributed by atoms with Gasteiger partial charge in [0.05, 0.1) is 152 Å². The van der Waals surface area contributed by atoms with Crippen molar-refractivity contribution in [3.63, 3.8) is 0 Å². The van der Waals surface area contributed by atoms with Crippen LogP contribution in [0.1, 0.15) is 54.2 Å². The van der Waals surface area contributed by atoms with Crippen molar-refractivity contribution >= 4 is 74.0 Å². The molecule has 14 aromatic rings. The van der Waals surface area contributed by atoms with E-state index in [9.17, 15) is 4.79 Å². The summed E-state index contributed by atoms with van der Waals surface area (Å²) in [5.74, 6) is -1.08. The minimum atomic E-state index is -0.728. The lowest BCUT2D eigenvalue weighted by Gasteiger charge is -2.28. The van der Waals surface area contributed by atoms with Gasteiger partial charge in [0.25, 0.3) is 0 Å². The Kier molecular flexibility index (Phi) is 38.5. The molecule has 0 N–H and O–H groups in total. The average Bonchev–Trinajstić information content (AvgIpc) is 1.65. The molecule has 6 aromatic heterocycles. The van der Waals surface area contributed by atoms with Crippen LogP contribution in [0, 0.1) is 5.92 Å². The van der Waals surface area contributed by atoms with Gasteiger partial charge in [-0.1, -0.05) is 249 Å². The van der Waals surface area contributed by atoms with Gasteiger partial charge in [0.2, 0.25) is 0 Å². The molecule has 125 heavy (non-hydrogen) atoms. The Hall–Kier alpha value is -9.13. The molecule has 0 radical (unpaired) electrons. The van der Waals surface area contributed by atoms with Crippen LogP contribution in [0.3, 0.4) is 0 Å². The molecule has 650 valence electrons. The van der Waals surface area contributed by atoms with Gasteiger partial charge in [-0.15, -0.1) is 68.0 Å². The topological polar surface area (TPSA) is 156 Å². The van der Waals surface area contributed by atoms with Crippen LogP contribution < -0.4 is 0 Å². The number of esters is 1. The highest BCUT2D eigenvalue weighted by atomic mass is 32.1. The number of hydrogen-bond donors (Lipinski definition) is 0. The molecular weight excluding hydrogens is 1690 g/mol. The summed E-state index contributed by atoms with van der Waals surface area (Å²) in [7, 11) is 0. The molecule has 0 aliphatic heterocycles. The second kappa shape index (κ2) is 52.2.